The molecule has 3 aliphatic rings. The summed E-state index contributed by atoms with van der Waals surface area (Å²) in [6.45, 7) is 4.21. The molecule has 0 saturated carbocycles. The van der Waals surface area contributed by atoms with Gasteiger partial charge in [-0.1, -0.05) is 6.07 Å². The Hall–Kier alpha value is -2.12. The second kappa shape index (κ2) is 8.09. The van der Waals surface area contributed by atoms with Gasteiger partial charge in [0, 0.05) is 19.5 Å². The largest absolute Gasteiger partial charge is 0.495 e. The van der Waals surface area contributed by atoms with Crippen molar-refractivity contribution >= 4 is 17.5 Å². The molecule has 1 aromatic rings. The van der Waals surface area contributed by atoms with Crippen LogP contribution in [0, 0.1) is 12.8 Å². The Morgan fingerprint density at radius 3 is 2.75 bits per heavy atom. The highest BCUT2D eigenvalue weighted by molar-refractivity contribution is 6.01. The summed E-state index contributed by atoms with van der Waals surface area (Å²) in [5.74, 6) is 0.297. The molecular weight excluding hydrogens is 360 g/mol. The minimum atomic E-state index is -0.347. The maximum atomic E-state index is 13.3. The molecule has 7 heteroatoms. The molecule has 7 nitrogen and oxygen atoms in total. The number of amides is 2. The summed E-state index contributed by atoms with van der Waals surface area (Å²) in [4.78, 5) is 29.6. The van der Waals surface area contributed by atoms with Gasteiger partial charge in [-0.15, -0.1) is 0 Å². The third kappa shape index (κ3) is 3.61. The number of ether oxygens (including phenoxy) is 3. The number of benzene rings is 1. The predicted octanol–water partition coefficient (Wildman–Crippen LogP) is 2.11. The Labute approximate surface area is 165 Å². The van der Waals surface area contributed by atoms with Gasteiger partial charge in [0.05, 0.1) is 38.0 Å². The zero-order valence-electron chi connectivity index (χ0n) is 16.6. The summed E-state index contributed by atoms with van der Waals surface area (Å²) < 4.78 is 16.8. The van der Waals surface area contributed by atoms with Crippen LogP contribution in [0.1, 0.15) is 31.2 Å². The van der Waals surface area contributed by atoms with E-state index in [9.17, 15) is 9.59 Å². The average molecular weight is 388 g/mol. The van der Waals surface area contributed by atoms with E-state index in [0.29, 0.717) is 32.1 Å². The van der Waals surface area contributed by atoms with Crippen LogP contribution in [0.25, 0.3) is 0 Å². The van der Waals surface area contributed by atoms with Crippen LogP contribution in [0.2, 0.25) is 0 Å². The second-order valence-electron chi connectivity index (χ2n) is 7.79. The van der Waals surface area contributed by atoms with Crippen molar-refractivity contribution in [1.82, 2.24) is 4.90 Å². The smallest absolute Gasteiger partial charge is 0.228 e. The lowest BCUT2D eigenvalue weighted by Gasteiger charge is -2.39. The van der Waals surface area contributed by atoms with Crippen LogP contribution in [0.5, 0.6) is 5.75 Å². The summed E-state index contributed by atoms with van der Waals surface area (Å²) >= 11 is 0. The molecule has 0 bridgehead atoms. The number of nitrogens with zero attached hydrogens (tertiary/aromatic N) is 2. The van der Waals surface area contributed by atoms with Crippen molar-refractivity contribution in [2.75, 3.05) is 38.3 Å². The van der Waals surface area contributed by atoms with Crippen LogP contribution in [0.3, 0.4) is 0 Å². The topological polar surface area (TPSA) is 68.3 Å². The first kappa shape index (κ1) is 19.2. The quantitative estimate of drug-likeness (QED) is 0.790. The number of hydrogen-bond acceptors (Lipinski definition) is 5. The van der Waals surface area contributed by atoms with E-state index >= 15 is 0 Å². The monoisotopic (exact) mass is 388 g/mol. The van der Waals surface area contributed by atoms with Crippen LogP contribution in [0.15, 0.2) is 18.2 Å². The van der Waals surface area contributed by atoms with Crippen LogP contribution in [-0.2, 0) is 19.1 Å². The van der Waals surface area contributed by atoms with Gasteiger partial charge in [0.15, 0.2) is 6.29 Å². The van der Waals surface area contributed by atoms with Crippen molar-refractivity contribution in [2.45, 2.75) is 44.9 Å². The Balaban J connectivity index is 1.51. The molecule has 3 aliphatic heterocycles. The van der Waals surface area contributed by atoms with Gasteiger partial charge >= 0.3 is 0 Å². The number of anilines is 1. The van der Waals surface area contributed by atoms with Crippen molar-refractivity contribution in [3.05, 3.63) is 23.8 Å². The molecule has 152 valence electrons. The zero-order valence-corrected chi connectivity index (χ0v) is 16.6. The molecule has 28 heavy (non-hydrogen) atoms. The van der Waals surface area contributed by atoms with E-state index in [4.69, 9.17) is 14.2 Å². The maximum absolute atomic E-state index is 13.3. The molecule has 1 aromatic carbocycles. The maximum Gasteiger partial charge on any atom is 0.228 e. The first-order valence-electron chi connectivity index (χ1n) is 10.1. The van der Waals surface area contributed by atoms with Gasteiger partial charge in [0.25, 0.3) is 0 Å². The predicted molar refractivity (Wildman–Crippen MR) is 103 cm³/mol. The van der Waals surface area contributed by atoms with E-state index in [1.54, 1.807) is 12.0 Å². The number of aryl methyl sites for hydroxylation is 1. The Morgan fingerprint density at radius 2 is 2.00 bits per heavy atom. The molecule has 3 heterocycles. The summed E-state index contributed by atoms with van der Waals surface area (Å²) in [5, 5.41) is 0. The Morgan fingerprint density at radius 1 is 1.21 bits per heavy atom. The minimum absolute atomic E-state index is 0.0336. The fraction of sp³-hybridized carbons (Fsp3) is 0.619. The van der Waals surface area contributed by atoms with Gasteiger partial charge in [-0.05, 0) is 43.9 Å². The van der Waals surface area contributed by atoms with Gasteiger partial charge < -0.3 is 24.0 Å². The molecule has 0 aromatic heterocycles. The molecule has 2 amide bonds. The van der Waals surface area contributed by atoms with Crippen molar-refractivity contribution in [3.63, 3.8) is 0 Å². The lowest BCUT2D eigenvalue weighted by atomic mass is 9.98. The van der Waals surface area contributed by atoms with E-state index < -0.39 is 0 Å². The normalized spacial score (nSPS) is 26.1. The van der Waals surface area contributed by atoms with Crippen molar-refractivity contribution < 1.29 is 23.8 Å². The van der Waals surface area contributed by atoms with Crippen LogP contribution >= 0.6 is 0 Å². The third-order valence-corrected chi connectivity index (χ3v) is 5.89. The summed E-state index contributed by atoms with van der Waals surface area (Å²) in [7, 11) is 1.59. The lowest BCUT2D eigenvalue weighted by Crippen LogP contribution is -2.52. The molecule has 0 radical (unpaired) electrons. The van der Waals surface area contributed by atoms with Gasteiger partial charge in [-0.2, -0.15) is 0 Å². The fourth-order valence-electron chi connectivity index (χ4n) is 4.46. The van der Waals surface area contributed by atoms with Gasteiger partial charge in [0.1, 0.15) is 5.75 Å². The number of hydrogen-bond donors (Lipinski definition) is 0. The molecule has 0 N–H and O–H groups in total. The van der Waals surface area contributed by atoms with E-state index in [0.717, 1.165) is 30.5 Å². The number of rotatable bonds is 4. The standard InChI is InChI=1S/C21H28N2O5/c1-14-6-7-18(26-2)17(11-14)23-13-15(12-19(23)24)20(25)22-8-4-3-5-16(22)21-27-9-10-28-21/h6-7,11,15-16,21H,3-5,8-10,12-13H2,1-2H3. The molecule has 3 fully saturated rings. The van der Waals surface area contributed by atoms with E-state index in [1.807, 2.05) is 30.0 Å². The van der Waals surface area contributed by atoms with E-state index in [1.165, 1.54) is 0 Å². The number of likely N-dealkylation sites (tertiary alicyclic amines) is 1. The highest BCUT2D eigenvalue weighted by Crippen LogP contribution is 2.35. The number of carbonyl (C=O) groups is 2. The van der Waals surface area contributed by atoms with Crippen molar-refractivity contribution in [1.29, 1.82) is 0 Å². The fourth-order valence-corrected chi connectivity index (χ4v) is 4.46. The Bertz CT molecular complexity index is 746. The number of carbonyl (C=O) groups excluding carboxylic acids is 2. The van der Waals surface area contributed by atoms with E-state index in [2.05, 4.69) is 0 Å². The SMILES string of the molecule is COc1ccc(C)cc1N1CC(C(=O)N2CCCCC2C2OCCO2)CC1=O. The molecule has 0 spiro atoms. The number of piperidine rings is 1. The second-order valence-corrected chi connectivity index (χ2v) is 7.79. The first-order chi connectivity index (χ1) is 13.6. The summed E-state index contributed by atoms with van der Waals surface area (Å²) in [5.41, 5.74) is 1.78. The first-order valence-corrected chi connectivity index (χ1v) is 10.1. The third-order valence-electron chi connectivity index (χ3n) is 5.89. The molecule has 2 atom stereocenters. The van der Waals surface area contributed by atoms with Crippen molar-refractivity contribution in [2.24, 2.45) is 5.92 Å². The minimum Gasteiger partial charge on any atom is -0.495 e. The van der Waals surface area contributed by atoms with Crippen LogP contribution in [-0.4, -0.2) is 62.5 Å². The van der Waals surface area contributed by atoms with Crippen molar-refractivity contribution in [3.8, 4) is 5.75 Å². The molecule has 0 aliphatic carbocycles. The summed E-state index contributed by atoms with van der Waals surface area (Å²) in [6.07, 6.45) is 2.81. The van der Waals surface area contributed by atoms with Crippen LogP contribution in [0.4, 0.5) is 5.69 Å². The highest BCUT2D eigenvalue weighted by atomic mass is 16.7. The van der Waals surface area contributed by atoms with E-state index in [-0.39, 0.29) is 36.5 Å². The van der Waals surface area contributed by atoms with Gasteiger partial charge in [-0.25, -0.2) is 0 Å². The van der Waals surface area contributed by atoms with Crippen LogP contribution < -0.4 is 9.64 Å². The summed E-state index contributed by atoms with van der Waals surface area (Å²) in [6, 6.07) is 5.70. The molecule has 3 saturated heterocycles. The number of methoxy groups -OCH3 is 1. The lowest BCUT2D eigenvalue weighted by molar-refractivity contribution is -0.154. The molecular formula is C21H28N2O5. The highest BCUT2D eigenvalue weighted by Gasteiger charge is 2.43. The zero-order chi connectivity index (χ0) is 19.7. The Kier molecular flexibility index (Phi) is 5.55. The molecule has 4 rings (SSSR count). The van der Waals surface area contributed by atoms with Gasteiger partial charge in [0.2, 0.25) is 11.8 Å². The van der Waals surface area contributed by atoms with Gasteiger partial charge in [-0.3, -0.25) is 9.59 Å². The molecule has 2 unspecified atom stereocenters. The average Bonchev–Trinajstić information content (AvgIpc) is 3.37.